The molecule has 1 aromatic carbocycles. The van der Waals surface area contributed by atoms with Gasteiger partial charge in [-0.15, -0.1) is 11.3 Å². The fraction of sp³-hybridized carbons (Fsp3) is 0.182. The summed E-state index contributed by atoms with van der Waals surface area (Å²) in [5, 5.41) is 2.04. The molecule has 2 nitrogen and oxygen atoms in total. The van der Waals surface area contributed by atoms with Gasteiger partial charge in [0.25, 0.3) is 0 Å². The van der Waals surface area contributed by atoms with Crippen molar-refractivity contribution in [2.45, 2.75) is 13.3 Å². The first-order valence-electron chi connectivity index (χ1n) is 4.71. The van der Waals surface area contributed by atoms with Gasteiger partial charge in [0.15, 0.2) is 5.13 Å². The van der Waals surface area contributed by atoms with Crippen molar-refractivity contribution in [2.75, 3.05) is 5.73 Å². The van der Waals surface area contributed by atoms with E-state index in [0.717, 1.165) is 26.0 Å². The summed E-state index contributed by atoms with van der Waals surface area (Å²) >= 11 is 13.7. The molecule has 5 heteroatoms. The predicted octanol–water partition coefficient (Wildman–Crippen LogP) is 3.93. The highest BCUT2D eigenvalue weighted by atomic mass is 35.5. The Morgan fingerprint density at radius 2 is 2.06 bits per heavy atom. The fourth-order valence-corrected chi connectivity index (χ4v) is 2.59. The van der Waals surface area contributed by atoms with Crippen LogP contribution in [0.15, 0.2) is 18.3 Å². The van der Waals surface area contributed by atoms with Gasteiger partial charge in [-0.25, -0.2) is 4.98 Å². The minimum atomic E-state index is 0.573. The second-order valence-electron chi connectivity index (χ2n) is 3.53. The van der Waals surface area contributed by atoms with Crippen LogP contribution in [0.5, 0.6) is 0 Å². The van der Waals surface area contributed by atoms with E-state index in [-0.39, 0.29) is 0 Å². The summed E-state index contributed by atoms with van der Waals surface area (Å²) in [6.07, 6.45) is 2.48. The Balaban J connectivity index is 2.31. The molecule has 0 radical (unpaired) electrons. The second-order valence-corrected chi connectivity index (χ2v) is 5.50. The molecule has 0 amide bonds. The van der Waals surface area contributed by atoms with Crippen LogP contribution in [0.2, 0.25) is 10.0 Å². The monoisotopic (exact) mass is 272 g/mol. The van der Waals surface area contributed by atoms with E-state index in [0.29, 0.717) is 11.6 Å². The number of nitrogens with zero attached hydrogens (tertiary/aromatic N) is 1. The van der Waals surface area contributed by atoms with Gasteiger partial charge in [-0.3, -0.25) is 0 Å². The summed E-state index contributed by atoms with van der Waals surface area (Å²) in [6, 6.07) is 3.78. The summed E-state index contributed by atoms with van der Waals surface area (Å²) in [7, 11) is 0. The minimum absolute atomic E-state index is 0.573. The molecule has 2 aromatic rings. The second kappa shape index (κ2) is 4.62. The summed E-state index contributed by atoms with van der Waals surface area (Å²) in [6.45, 7) is 1.93. The first-order chi connectivity index (χ1) is 7.56. The molecule has 0 saturated carbocycles. The highest BCUT2D eigenvalue weighted by Gasteiger charge is 2.07. The van der Waals surface area contributed by atoms with Gasteiger partial charge < -0.3 is 5.73 Å². The van der Waals surface area contributed by atoms with Crippen molar-refractivity contribution in [2.24, 2.45) is 0 Å². The maximum Gasteiger partial charge on any atom is 0.180 e. The van der Waals surface area contributed by atoms with E-state index in [1.165, 1.54) is 11.3 Å². The molecule has 1 heterocycles. The van der Waals surface area contributed by atoms with E-state index >= 15 is 0 Å². The fourth-order valence-electron chi connectivity index (χ4n) is 1.42. The van der Waals surface area contributed by atoms with E-state index in [9.17, 15) is 0 Å². The molecule has 0 saturated heterocycles. The van der Waals surface area contributed by atoms with Crippen LogP contribution >= 0.6 is 34.5 Å². The van der Waals surface area contributed by atoms with Gasteiger partial charge in [0.05, 0.1) is 0 Å². The van der Waals surface area contributed by atoms with E-state index < -0.39 is 0 Å². The van der Waals surface area contributed by atoms with Crippen LogP contribution in [0.3, 0.4) is 0 Å². The van der Waals surface area contributed by atoms with Crippen LogP contribution < -0.4 is 5.73 Å². The van der Waals surface area contributed by atoms with E-state index in [1.54, 1.807) is 6.20 Å². The lowest BCUT2D eigenvalue weighted by molar-refractivity contribution is 1.21. The summed E-state index contributed by atoms with van der Waals surface area (Å²) in [5.74, 6) is 0. The Morgan fingerprint density at radius 1 is 1.31 bits per heavy atom. The lowest BCUT2D eigenvalue weighted by atomic mass is 10.1. The molecule has 1 aromatic heterocycles. The van der Waals surface area contributed by atoms with Crippen molar-refractivity contribution >= 4 is 39.7 Å². The number of hydrogen-bond acceptors (Lipinski definition) is 3. The first-order valence-corrected chi connectivity index (χ1v) is 6.28. The zero-order valence-electron chi connectivity index (χ0n) is 8.63. The van der Waals surface area contributed by atoms with E-state index in [2.05, 4.69) is 4.98 Å². The van der Waals surface area contributed by atoms with E-state index in [1.807, 2.05) is 19.1 Å². The van der Waals surface area contributed by atoms with Gasteiger partial charge in [-0.05, 0) is 30.2 Å². The Bertz CT molecular complexity index is 523. The average Bonchev–Trinajstić information content (AvgIpc) is 2.60. The zero-order valence-corrected chi connectivity index (χ0v) is 11.0. The van der Waals surface area contributed by atoms with Crippen LogP contribution in [0.1, 0.15) is 16.0 Å². The molecular weight excluding hydrogens is 263 g/mol. The summed E-state index contributed by atoms with van der Waals surface area (Å²) in [4.78, 5) is 5.09. The Kier molecular flexibility index (Phi) is 3.38. The van der Waals surface area contributed by atoms with Crippen molar-refractivity contribution in [3.63, 3.8) is 0 Å². The van der Waals surface area contributed by atoms with Crippen molar-refractivity contribution < 1.29 is 0 Å². The first kappa shape index (κ1) is 11.7. The smallest absolute Gasteiger partial charge is 0.180 e. The Labute approximate surface area is 108 Å². The number of hydrogen-bond donors (Lipinski definition) is 1. The third kappa shape index (κ3) is 2.48. The molecule has 84 valence electrons. The van der Waals surface area contributed by atoms with Gasteiger partial charge in [-0.1, -0.05) is 23.2 Å². The van der Waals surface area contributed by atoms with Crippen LogP contribution in [-0.2, 0) is 6.42 Å². The molecule has 0 spiro atoms. The third-order valence-corrected chi connectivity index (χ3v) is 3.85. The standard InChI is InChI=1S/C11H10Cl2N2S/c1-6-2-10(13)7(4-9(6)12)3-8-5-15-11(14)16-8/h2,4-5H,3H2,1H3,(H2,14,15). The highest BCUT2D eigenvalue weighted by molar-refractivity contribution is 7.15. The maximum atomic E-state index is 6.15. The number of aromatic nitrogens is 1. The molecule has 2 N–H and O–H groups in total. The van der Waals surface area contributed by atoms with Gasteiger partial charge in [0.1, 0.15) is 0 Å². The Morgan fingerprint density at radius 3 is 2.69 bits per heavy atom. The molecule has 0 aliphatic carbocycles. The van der Waals surface area contributed by atoms with Gasteiger partial charge in [-0.2, -0.15) is 0 Å². The largest absolute Gasteiger partial charge is 0.375 e. The van der Waals surface area contributed by atoms with Crippen LogP contribution in [0, 0.1) is 6.92 Å². The number of halogens is 2. The van der Waals surface area contributed by atoms with Crippen molar-refractivity contribution in [3.8, 4) is 0 Å². The van der Waals surface area contributed by atoms with Crippen LogP contribution in [0.25, 0.3) is 0 Å². The van der Waals surface area contributed by atoms with Crippen molar-refractivity contribution in [1.29, 1.82) is 0 Å². The summed E-state index contributed by atoms with van der Waals surface area (Å²) in [5.41, 5.74) is 7.56. The van der Waals surface area contributed by atoms with Gasteiger partial charge >= 0.3 is 0 Å². The minimum Gasteiger partial charge on any atom is -0.375 e. The SMILES string of the molecule is Cc1cc(Cl)c(Cc2cnc(N)s2)cc1Cl. The zero-order chi connectivity index (χ0) is 11.7. The molecular formula is C11H10Cl2N2S. The third-order valence-electron chi connectivity index (χ3n) is 2.26. The summed E-state index contributed by atoms with van der Waals surface area (Å²) < 4.78 is 0. The Hall–Kier alpha value is -0.770. The molecule has 2 rings (SSSR count). The lowest BCUT2D eigenvalue weighted by Crippen LogP contribution is -1.88. The molecule has 0 fully saturated rings. The normalized spacial score (nSPS) is 10.7. The van der Waals surface area contributed by atoms with Crippen LogP contribution in [-0.4, -0.2) is 4.98 Å². The van der Waals surface area contributed by atoms with E-state index in [4.69, 9.17) is 28.9 Å². The predicted molar refractivity (Wildman–Crippen MR) is 70.5 cm³/mol. The van der Waals surface area contributed by atoms with Crippen molar-refractivity contribution in [3.05, 3.63) is 44.4 Å². The number of aryl methyl sites for hydroxylation is 1. The molecule has 0 aliphatic rings. The number of thiazole rings is 1. The van der Waals surface area contributed by atoms with Gasteiger partial charge in [0, 0.05) is 27.5 Å². The van der Waals surface area contributed by atoms with Gasteiger partial charge in [0.2, 0.25) is 0 Å². The molecule has 0 aliphatic heterocycles. The number of nitrogen functional groups attached to an aromatic ring is 1. The highest BCUT2D eigenvalue weighted by Crippen LogP contribution is 2.28. The number of benzene rings is 1. The van der Waals surface area contributed by atoms with Crippen molar-refractivity contribution in [1.82, 2.24) is 4.98 Å². The number of nitrogens with two attached hydrogens (primary N) is 1. The maximum absolute atomic E-state index is 6.15. The molecule has 16 heavy (non-hydrogen) atoms. The van der Waals surface area contributed by atoms with Crippen LogP contribution in [0.4, 0.5) is 5.13 Å². The topological polar surface area (TPSA) is 38.9 Å². The number of anilines is 1. The molecule has 0 atom stereocenters. The quantitative estimate of drug-likeness (QED) is 0.900. The lowest BCUT2D eigenvalue weighted by Gasteiger charge is -2.05. The molecule has 0 unspecified atom stereocenters. The number of rotatable bonds is 2. The molecule has 0 bridgehead atoms. The average molecular weight is 273 g/mol.